The summed E-state index contributed by atoms with van der Waals surface area (Å²) in [4.78, 5) is 35.0. The summed E-state index contributed by atoms with van der Waals surface area (Å²) in [6.07, 6.45) is 5.32. The minimum Gasteiger partial charge on any atom is -0.348 e. The number of benzene rings is 1. The van der Waals surface area contributed by atoms with Crippen LogP contribution in [0.3, 0.4) is 0 Å². The summed E-state index contributed by atoms with van der Waals surface area (Å²) in [6.45, 7) is 3.10. The summed E-state index contributed by atoms with van der Waals surface area (Å²) >= 11 is 0. The molecule has 0 saturated carbocycles. The van der Waals surface area contributed by atoms with Crippen molar-refractivity contribution in [1.82, 2.24) is 25.5 Å². The first kappa shape index (κ1) is 19.9. The van der Waals surface area contributed by atoms with Crippen LogP contribution in [0.4, 0.5) is 0 Å². The van der Waals surface area contributed by atoms with Gasteiger partial charge in [-0.15, -0.1) is 0 Å². The second-order valence-corrected chi connectivity index (χ2v) is 8.50. The van der Waals surface area contributed by atoms with E-state index in [-0.39, 0.29) is 17.0 Å². The molecule has 3 N–H and O–H groups in total. The number of H-pyrrole nitrogens is 1. The Morgan fingerprint density at radius 3 is 2.90 bits per heavy atom. The topological polar surface area (TPSA) is 90.1 Å². The van der Waals surface area contributed by atoms with Crippen molar-refractivity contribution in [3.05, 3.63) is 75.8 Å². The quantitative estimate of drug-likeness (QED) is 0.592. The van der Waals surface area contributed by atoms with Gasteiger partial charge in [0.05, 0.1) is 5.52 Å². The lowest BCUT2D eigenvalue weighted by atomic mass is 10.1. The number of carbonyl (C=O) groups excluding carboxylic acids is 1. The second kappa shape index (κ2) is 8.61. The number of rotatable bonds is 5. The van der Waals surface area contributed by atoms with Gasteiger partial charge in [0.2, 0.25) is 0 Å². The number of hydrogen-bond acceptors (Lipinski definition) is 5. The van der Waals surface area contributed by atoms with Crippen molar-refractivity contribution in [2.45, 2.75) is 44.4 Å². The molecule has 1 aromatic carbocycles. The van der Waals surface area contributed by atoms with E-state index in [0.717, 1.165) is 48.2 Å². The lowest BCUT2D eigenvalue weighted by Crippen LogP contribution is -2.38. The molecule has 2 fully saturated rings. The highest BCUT2D eigenvalue weighted by Gasteiger charge is 2.34. The molecule has 2 bridgehead atoms. The molecule has 7 heteroatoms. The van der Waals surface area contributed by atoms with Gasteiger partial charge in [0.1, 0.15) is 5.56 Å². The van der Waals surface area contributed by atoms with Crippen molar-refractivity contribution in [3.63, 3.8) is 0 Å². The Hall–Kier alpha value is -3.03. The maximum atomic E-state index is 12.6. The van der Waals surface area contributed by atoms with Gasteiger partial charge in [0, 0.05) is 49.0 Å². The lowest BCUT2D eigenvalue weighted by Gasteiger charge is -2.27. The number of aromatic nitrogens is 2. The molecule has 3 aromatic rings. The van der Waals surface area contributed by atoms with E-state index in [1.807, 2.05) is 36.4 Å². The van der Waals surface area contributed by atoms with Crippen LogP contribution in [0.2, 0.25) is 0 Å². The van der Waals surface area contributed by atoms with Gasteiger partial charge in [-0.2, -0.15) is 0 Å². The number of nitrogens with one attached hydrogen (secondary N) is 3. The predicted octanol–water partition coefficient (Wildman–Crippen LogP) is 2.18. The van der Waals surface area contributed by atoms with E-state index >= 15 is 0 Å². The normalized spacial score (nSPS) is 21.2. The van der Waals surface area contributed by atoms with E-state index in [1.165, 1.54) is 12.8 Å². The van der Waals surface area contributed by atoms with E-state index in [2.05, 4.69) is 25.5 Å². The predicted molar refractivity (Wildman–Crippen MR) is 120 cm³/mol. The van der Waals surface area contributed by atoms with E-state index < -0.39 is 0 Å². The Kier molecular flexibility index (Phi) is 5.53. The Morgan fingerprint density at radius 1 is 1.13 bits per heavy atom. The monoisotopic (exact) mass is 417 g/mol. The van der Waals surface area contributed by atoms with Gasteiger partial charge in [-0.3, -0.25) is 19.5 Å². The first-order valence-electron chi connectivity index (χ1n) is 11.0. The minimum atomic E-state index is -0.375. The van der Waals surface area contributed by atoms with Crippen LogP contribution >= 0.6 is 0 Å². The molecule has 2 saturated heterocycles. The minimum absolute atomic E-state index is 0.137. The van der Waals surface area contributed by atoms with Gasteiger partial charge in [-0.05, 0) is 55.6 Å². The first-order chi connectivity index (χ1) is 15.2. The number of hydrogen-bond donors (Lipinski definition) is 3. The molecule has 2 aliphatic rings. The maximum absolute atomic E-state index is 12.6. The Morgan fingerprint density at radius 2 is 2.00 bits per heavy atom. The van der Waals surface area contributed by atoms with Crippen LogP contribution in [0.1, 0.15) is 40.9 Å². The summed E-state index contributed by atoms with van der Waals surface area (Å²) in [5.74, 6) is -0.375. The average Bonchev–Trinajstić information content (AvgIpc) is 3.03. The summed E-state index contributed by atoms with van der Waals surface area (Å²) in [5.41, 5.74) is 2.47. The zero-order chi connectivity index (χ0) is 21.2. The van der Waals surface area contributed by atoms with Gasteiger partial charge in [0.15, 0.2) is 0 Å². The van der Waals surface area contributed by atoms with Crippen molar-refractivity contribution in [2.75, 3.05) is 13.1 Å². The highest BCUT2D eigenvalue weighted by atomic mass is 16.2. The highest BCUT2D eigenvalue weighted by Crippen LogP contribution is 2.29. The molecule has 31 heavy (non-hydrogen) atoms. The molecule has 0 unspecified atom stereocenters. The molecule has 2 atom stereocenters. The van der Waals surface area contributed by atoms with Gasteiger partial charge >= 0.3 is 0 Å². The zero-order valence-electron chi connectivity index (χ0n) is 17.4. The molecule has 7 nitrogen and oxygen atoms in total. The third-order valence-corrected chi connectivity index (χ3v) is 6.47. The molecule has 0 aliphatic carbocycles. The molecule has 160 valence electrons. The number of para-hydroxylation sites is 1. The van der Waals surface area contributed by atoms with Crippen LogP contribution < -0.4 is 16.2 Å². The van der Waals surface area contributed by atoms with Crippen molar-refractivity contribution in [1.29, 1.82) is 0 Å². The number of pyridine rings is 2. The summed E-state index contributed by atoms with van der Waals surface area (Å²) < 4.78 is 0. The second-order valence-electron chi connectivity index (χ2n) is 8.50. The fourth-order valence-corrected chi connectivity index (χ4v) is 4.81. The third kappa shape index (κ3) is 4.24. The Bertz CT molecular complexity index is 1140. The first-order valence-corrected chi connectivity index (χ1v) is 11.0. The average molecular weight is 418 g/mol. The van der Waals surface area contributed by atoms with E-state index in [1.54, 1.807) is 12.3 Å². The third-order valence-electron chi connectivity index (χ3n) is 6.47. The molecule has 0 radical (unpaired) electrons. The lowest BCUT2D eigenvalue weighted by molar-refractivity contribution is 0.0949. The van der Waals surface area contributed by atoms with E-state index in [0.29, 0.717) is 18.6 Å². The molecular weight excluding hydrogens is 390 g/mol. The fourth-order valence-electron chi connectivity index (χ4n) is 4.81. The number of carbonyl (C=O) groups is 1. The van der Waals surface area contributed by atoms with Gasteiger partial charge in [-0.25, -0.2) is 0 Å². The van der Waals surface area contributed by atoms with Gasteiger partial charge < -0.3 is 15.6 Å². The molecule has 0 spiro atoms. The van der Waals surface area contributed by atoms with E-state index in [4.69, 9.17) is 0 Å². The Balaban J connectivity index is 1.25. The van der Waals surface area contributed by atoms with Crippen molar-refractivity contribution in [2.24, 2.45) is 0 Å². The molecule has 2 aromatic heterocycles. The fraction of sp³-hybridized carbons (Fsp3) is 0.375. The van der Waals surface area contributed by atoms with Crippen LogP contribution in [0, 0.1) is 0 Å². The smallest absolute Gasteiger partial charge is 0.261 e. The van der Waals surface area contributed by atoms with Gasteiger partial charge in [-0.1, -0.05) is 18.2 Å². The molecule has 4 heterocycles. The highest BCUT2D eigenvalue weighted by molar-refractivity contribution is 5.93. The van der Waals surface area contributed by atoms with Crippen molar-refractivity contribution >= 4 is 16.8 Å². The van der Waals surface area contributed by atoms with Crippen LogP contribution in [-0.4, -0.2) is 45.9 Å². The number of amides is 1. The van der Waals surface area contributed by atoms with Crippen LogP contribution in [0.15, 0.2) is 53.5 Å². The molecule has 5 rings (SSSR count). The zero-order valence-corrected chi connectivity index (χ0v) is 17.4. The number of nitrogens with zero attached hydrogens (tertiary/aromatic N) is 2. The van der Waals surface area contributed by atoms with Crippen molar-refractivity contribution in [3.8, 4) is 0 Å². The van der Waals surface area contributed by atoms with Gasteiger partial charge in [0.25, 0.3) is 11.5 Å². The summed E-state index contributed by atoms with van der Waals surface area (Å²) in [5, 5.41) is 7.35. The largest absolute Gasteiger partial charge is 0.348 e. The number of fused-ring (bicyclic) bond motifs is 3. The maximum Gasteiger partial charge on any atom is 0.261 e. The molecule has 2 aliphatic heterocycles. The summed E-state index contributed by atoms with van der Waals surface area (Å²) in [7, 11) is 0. The van der Waals surface area contributed by atoms with E-state index in [9.17, 15) is 9.59 Å². The Labute approximate surface area is 180 Å². The van der Waals surface area contributed by atoms with Crippen LogP contribution in [0.25, 0.3) is 10.9 Å². The SMILES string of the molecule is O=C(NCc1cnc2ccccc2c1)c1ccc(CN2[C@H]3CCNC[C@@H]2CC3)[nH]c1=O. The van der Waals surface area contributed by atoms with Crippen molar-refractivity contribution < 1.29 is 4.79 Å². The van der Waals surface area contributed by atoms with Crippen LogP contribution in [-0.2, 0) is 13.1 Å². The molecule has 1 amide bonds. The van der Waals surface area contributed by atoms with Crippen LogP contribution in [0.5, 0.6) is 0 Å². The molecular formula is C24H27N5O2. The number of aromatic amines is 1. The summed E-state index contributed by atoms with van der Waals surface area (Å²) in [6, 6.07) is 14.4. The standard InChI is InChI=1S/C24H27N5O2/c30-23(27-13-16-11-17-3-1-2-4-22(17)26-12-16)21-8-5-18(28-24(21)31)15-29-19-6-7-20(29)14-25-10-9-19/h1-5,8,11-12,19-20,25H,6-7,9-10,13-15H2,(H,27,30)(H,28,31)/t19-,20+/m1/s1.